The fourth-order valence-corrected chi connectivity index (χ4v) is 3.97. The lowest BCUT2D eigenvalue weighted by atomic mass is 9.96. The van der Waals surface area contributed by atoms with Crippen LogP contribution in [0.3, 0.4) is 0 Å². The maximum absolute atomic E-state index is 12.9. The Hall–Kier alpha value is -2.74. The molecule has 0 unspecified atom stereocenters. The average Bonchev–Trinajstić information content (AvgIpc) is 3.04. The van der Waals surface area contributed by atoms with E-state index in [-0.39, 0.29) is 11.3 Å². The molecule has 4 rings (SSSR count). The van der Waals surface area contributed by atoms with Crippen LogP contribution < -0.4 is 0 Å². The Kier molecular flexibility index (Phi) is 6.13. The van der Waals surface area contributed by atoms with Crippen LogP contribution in [0.5, 0.6) is 0 Å². The van der Waals surface area contributed by atoms with Gasteiger partial charge in [-0.15, -0.1) is 0 Å². The number of aliphatic hydroxyl groups excluding tert-OH is 1. The van der Waals surface area contributed by atoms with Crippen molar-refractivity contribution in [3.63, 3.8) is 0 Å². The van der Waals surface area contributed by atoms with Crippen LogP contribution in [0.25, 0.3) is 5.76 Å². The van der Waals surface area contributed by atoms with Gasteiger partial charge in [0.1, 0.15) is 5.76 Å². The minimum Gasteiger partial charge on any atom is -0.507 e. The summed E-state index contributed by atoms with van der Waals surface area (Å²) in [4.78, 5) is 33.6. The highest BCUT2D eigenvalue weighted by atomic mass is 35.5. The van der Waals surface area contributed by atoms with Crippen LogP contribution in [0.1, 0.15) is 17.2 Å². The molecule has 1 amide bonds. The Morgan fingerprint density at radius 2 is 1.73 bits per heavy atom. The molecule has 1 atom stereocenters. The normalized spacial score (nSPS) is 21.9. The Labute approximate surface area is 179 Å². The molecule has 1 aromatic carbocycles. The molecule has 8 heteroatoms. The van der Waals surface area contributed by atoms with Crippen molar-refractivity contribution >= 4 is 29.1 Å². The minimum absolute atomic E-state index is 0.0792. The Bertz CT molecular complexity index is 956. The van der Waals surface area contributed by atoms with Crippen LogP contribution in [0.2, 0.25) is 5.02 Å². The van der Waals surface area contributed by atoms with Crippen molar-refractivity contribution in [2.24, 2.45) is 0 Å². The zero-order valence-corrected chi connectivity index (χ0v) is 17.1. The SMILES string of the molecule is O=C1C(=O)N(CCN2CCOCC2)[C@H](c2ccncc2)C1=C(O)c1ccc(Cl)cc1. The molecule has 3 heterocycles. The standard InChI is InChI=1S/C22H22ClN3O4/c23-17-3-1-16(2-4-17)20(27)18-19(15-5-7-24-8-6-15)26(22(29)21(18)28)10-9-25-11-13-30-14-12-25/h1-8,19,27H,9-14H2/t19-/m1/s1. The Balaban J connectivity index is 1.71. The van der Waals surface area contributed by atoms with E-state index in [9.17, 15) is 14.7 Å². The van der Waals surface area contributed by atoms with E-state index >= 15 is 0 Å². The third-order valence-corrected chi connectivity index (χ3v) is 5.69. The molecule has 0 bridgehead atoms. The molecule has 7 nitrogen and oxygen atoms in total. The summed E-state index contributed by atoms with van der Waals surface area (Å²) in [6.45, 7) is 3.88. The number of aliphatic hydroxyl groups is 1. The first-order valence-electron chi connectivity index (χ1n) is 9.80. The van der Waals surface area contributed by atoms with Gasteiger partial charge in [0.05, 0.1) is 24.8 Å². The fraction of sp³-hybridized carbons (Fsp3) is 0.318. The lowest BCUT2D eigenvalue weighted by Crippen LogP contribution is -2.42. The summed E-state index contributed by atoms with van der Waals surface area (Å²) in [5.41, 5.74) is 1.24. The van der Waals surface area contributed by atoms with Gasteiger partial charge in [0.15, 0.2) is 0 Å². The maximum Gasteiger partial charge on any atom is 0.295 e. The van der Waals surface area contributed by atoms with Crippen LogP contribution in [-0.2, 0) is 14.3 Å². The summed E-state index contributed by atoms with van der Waals surface area (Å²) in [6.07, 6.45) is 3.22. The van der Waals surface area contributed by atoms with Gasteiger partial charge in [0.25, 0.3) is 11.7 Å². The number of ether oxygens (including phenoxy) is 1. The molecule has 156 valence electrons. The molecule has 1 aromatic heterocycles. The van der Waals surface area contributed by atoms with Gasteiger partial charge < -0.3 is 14.7 Å². The number of hydrogen-bond acceptors (Lipinski definition) is 6. The second kappa shape index (κ2) is 8.95. The number of aromatic nitrogens is 1. The van der Waals surface area contributed by atoms with Gasteiger partial charge in [-0.25, -0.2) is 0 Å². The van der Waals surface area contributed by atoms with Crippen molar-refractivity contribution in [3.05, 3.63) is 70.5 Å². The van der Waals surface area contributed by atoms with E-state index in [4.69, 9.17) is 16.3 Å². The van der Waals surface area contributed by atoms with Crippen LogP contribution in [0.4, 0.5) is 0 Å². The number of likely N-dealkylation sites (tertiary alicyclic amines) is 1. The van der Waals surface area contributed by atoms with E-state index in [0.29, 0.717) is 36.9 Å². The topological polar surface area (TPSA) is 83.0 Å². The van der Waals surface area contributed by atoms with Crippen molar-refractivity contribution in [2.45, 2.75) is 6.04 Å². The smallest absolute Gasteiger partial charge is 0.295 e. The molecule has 0 radical (unpaired) electrons. The highest BCUT2D eigenvalue weighted by Crippen LogP contribution is 2.39. The highest BCUT2D eigenvalue weighted by Gasteiger charge is 2.46. The number of ketones is 1. The number of halogens is 1. The summed E-state index contributed by atoms with van der Waals surface area (Å²) >= 11 is 5.94. The number of nitrogens with zero attached hydrogens (tertiary/aromatic N) is 3. The zero-order valence-electron chi connectivity index (χ0n) is 16.3. The molecule has 0 aliphatic carbocycles. The molecule has 30 heavy (non-hydrogen) atoms. The van der Waals surface area contributed by atoms with Crippen LogP contribution in [0.15, 0.2) is 54.4 Å². The summed E-state index contributed by atoms with van der Waals surface area (Å²) < 4.78 is 5.37. The minimum atomic E-state index is -0.689. The fourth-order valence-electron chi connectivity index (χ4n) is 3.84. The van der Waals surface area contributed by atoms with Gasteiger partial charge in [-0.1, -0.05) is 11.6 Å². The molecule has 2 saturated heterocycles. The van der Waals surface area contributed by atoms with E-state index in [1.165, 1.54) is 4.90 Å². The van der Waals surface area contributed by atoms with Crippen molar-refractivity contribution in [1.82, 2.24) is 14.8 Å². The van der Waals surface area contributed by atoms with Crippen LogP contribution in [-0.4, -0.2) is 71.0 Å². The molecule has 2 aliphatic heterocycles. The second-order valence-electron chi connectivity index (χ2n) is 7.23. The van der Waals surface area contributed by atoms with Crippen LogP contribution >= 0.6 is 11.6 Å². The van der Waals surface area contributed by atoms with E-state index in [0.717, 1.165) is 18.7 Å². The van der Waals surface area contributed by atoms with Crippen LogP contribution in [0, 0.1) is 0 Å². The molecule has 2 aliphatic rings. The lowest BCUT2D eigenvalue weighted by Gasteiger charge is -2.30. The third kappa shape index (κ3) is 4.09. The van der Waals surface area contributed by atoms with Gasteiger partial charge in [-0.2, -0.15) is 0 Å². The average molecular weight is 428 g/mol. The first-order chi connectivity index (χ1) is 14.6. The van der Waals surface area contributed by atoms with E-state index in [2.05, 4.69) is 9.88 Å². The lowest BCUT2D eigenvalue weighted by molar-refractivity contribution is -0.140. The third-order valence-electron chi connectivity index (χ3n) is 5.44. The number of amides is 1. The largest absolute Gasteiger partial charge is 0.507 e. The number of hydrogen-bond donors (Lipinski definition) is 1. The maximum atomic E-state index is 12.9. The predicted octanol–water partition coefficient (Wildman–Crippen LogP) is 2.49. The number of carbonyl (C=O) groups is 2. The first kappa shape index (κ1) is 20.5. The summed E-state index contributed by atoms with van der Waals surface area (Å²) in [5.74, 6) is -1.51. The highest BCUT2D eigenvalue weighted by molar-refractivity contribution is 6.46. The summed E-state index contributed by atoms with van der Waals surface area (Å²) in [6, 6.07) is 9.36. The first-order valence-corrected chi connectivity index (χ1v) is 10.2. The number of pyridine rings is 1. The van der Waals surface area contributed by atoms with Crippen molar-refractivity contribution in [2.75, 3.05) is 39.4 Å². The van der Waals surface area contributed by atoms with E-state index < -0.39 is 17.7 Å². The van der Waals surface area contributed by atoms with Gasteiger partial charge in [0.2, 0.25) is 0 Å². The Morgan fingerprint density at radius 1 is 1.07 bits per heavy atom. The molecular formula is C22H22ClN3O4. The summed E-state index contributed by atoms with van der Waals surface area (Å²) in [5, 5.41) is 11.5. The number of rotatable bonds is 5. The molecule has 0 saturated carbocycles. The van der Waals surface area contributed by atoms with Crippen molar-refractivity contribution < 1.29 is 19.4 Å². The second-order valence-corrected chi connectivity index (χ2v) is 7.67. The Morgan fingerprint density at radius 3 is 2.40 bits per heavy atom. The zero-order chi connectivity index (χ0) is 21.1. The molecule has 2 aromatic rings. The quantitative estimate of drug-likeness (QED) is 0.448. The van der Waals surface area contributed by atoms with Crippen molar-refractivity contribution in [1.29, 1.82) is 0 Å². The van der Waals surface area contributed by atoms with E-state index in [1.807, 2.05) is 0 Å². The number of morpholine rings is 1. The van der Waals surface area contributed by atoms with Gasteiger partial charge in [-0.3, -0.25) is 19.5 Å². The van der Waals surface area contributed by atoms with Gasteiger partial charge in [0, 0.05) is 49.2 Å². The number of benzene rings is 1. The van der Waals surface area contributed by atoms with Gasteiger partial charge >= 0.3 is 0 Å². The molecule has 2 fully saturated rings. The molecule has 1 N–H and O–H groups in total. The number of Topliss-reactive ketones (excluding diaryl/α,β-unsaturated/α-hetero) is 1. The summed E-state index contributed by atoms with van der Waals surface area (Å²) in [7, 11) is 0. The molecule has 0 spiro atoms. The predicted molar refractivity (Wildman–Crippen MR) is 112 cm³/mol. The van der Waals surface area contributed by atoms with Crippen molar-refractivity contribution in [3.8, 4) is 0 Å². The number of carbonyl (C=O) groups excluding carboxylic acids is 2. The van der Waals surface area contributed by atoms with E-state index in [1.54, 1.807) is 48.8 Å². The van der Waals surface area contributed by atoms with Gasteiger partial charge in [-0.05, 0) is 42.0 Å². The molecular weight excluding hydrogens is 406 g/mol. The monoisotopic (exact) mass is 427 g/mol.